The zero-order chi connectivity index (χ0) is 13.3. The Balaban J connectivity index is 2.81. The molecule has 6 heteroatoms. The molecule has 0 radical (unpaired) electrons. The maximum atomic E-state index is 13.8. The van der Waals surface area contributed by atoms with E-state index in [9.17, 15) is 18.7 Å². The number of esters is 1. The van der Waals surface area contributed by atoms with Gasteiger partial charge in [-0.2, -0.15) is 8.78 Å². The molecule has 1 N–H and O–H groups in total. The predicted octanol–water partition coefficient (Wildman–Crippen LogP) is 1.03. The molecule has 17 heavy (non-hydrogen) atoms. The normalized spacial score (nSPS) is 26.5. The van der Waals surface area contributed by atoms with E-state index in [0.717, 1.165) is 0 Å². The van der Waals surface area contributed by atoms with E-state index < -0.39 is 17.5 Å². The third-order valence-corrected chi connectivity index (χ3v) is 3.12. The Morgan fingerprint density at radius 1 is 1.59 bits per heavy atom. The van der Waals surface area contributed by atoms with Crippen molar-refractivity contribution < 1.29 is 23.4 Å². The molecular weight excluding hydrogens is 232 g/mol. The highest BCUT2D eigenvalue weighted by atomic mass is 19.3. The topological polar surface area (TPSA) is 49.8 Å². The van der Waals surface area contributed by atoms with E-state index in [2.05, 4.69) is 4.74 Å². The van der Waals surface area contributed by atoms with Crippen LogP contribution in [0.1, 0.15) is 27.2 Å². The number of ether oxygens (including phenoxy) is 1. The van der Waals surface area contributed by atoms with Crippen LogP contribution in [0, 0.1) is 0 Å². The summed E-state index contributed by atoms with van der Waals surface area (Å²) in [7, 11) is 0. The second-order valence-electron chi connectivity index (χ2n) is 4.64. The average molecular weight is 251 g/mol. The number of hydrogen-bond acceptors (Lipinski definition) is 4. The highest BCUT2D eigenvalue weighted by molar-refractivity contribution is 5.79. The van der Waals surface area contributed by atoms with Gasteiger partial charge in [0, 0.05) is 19.1 Å². The first-order valence-corrected chi connectivity index (χ1v) is 5.76. The van der Waals surface area contributed by atoms with Gasteiger partial charge in [-0.25, -0.2) is 4.79 Å². The van der Waals surface area contributed by atoms with Gasteiger partial charge in [0.15, 0.2) is 5.60 Å². The summed E-state index contributed by atoms with van der Waals surface area (Å²) in [4.78, 5) is 12.9. The van der Waals surface area contributed by atoms with Crippen molar-refractivity contribution in [3.05, 3.63) is 0 Å². The van der Waals surface area contributed by atoms with E-state index in [1.54, 1.807) is 4.90 Å². The van der Waals surface area contributed by atoms with Crippen LogP contribution in [0.5, 0.6) is 0 Å². The number of aliphatic hydroxyl groups is 1. The summed E-state index contributed by atoms with van der Waals surface area (Å²) in [6, 6.07) is 0.0574. The van der Waals surface area contributed by atoms with Gasteiger partial charge < -0.3 is 9.84 Å². The van der Waals surface area contributed by atoms with Gasteiger partial charge >= 0.3 is 11.9 Å². The molecule has 1 rings (SSSR count). The predicted molar refractivity (Wildman–Crippen MR) is 57.9 cm³/mol. The molecule has 1 unspecified atom stereocenters. The number of hydrogen-bond donors (Lipinski definition) is 1. The van der Waals surface area contributed by atoms with Crippen molar-refractivity contribution in [2.24, 2.45) is 0 Å². The van der Waals surface area contributed by atoms with Gasteiger partial charge in [0.1, 0.15) is 0 Å². The fraction of sp³-hybridized carbons (Fsp3) is 0.909. The number of halogens is 2. The molecule has 4 nitrogen and oxygen atoms in total. The van der Waals surface area contributed by atoms with Crippen molar-refractivity contribution in [2.75, 3.05) is 19.7 Å². The number of likely N-dealkylation sites (tertiary alicyclic amines) is 1. The standard InChI is InChI=1S/C11H19F2NO3/c1-4-17-9(15)11(12,13)10(16)5-6-14(7-10)8(2)3/h8,16H,4-7H2,1-3H3. The molecule has 1 atom stereocenters. The summed E-state index contributed by atoms with van der Waals surface area (Å²) in [6.45, 7) is 5.17. The maximum absolute atomic E-state index is 13.8. The van der Waals surface area contributed by atoms with Crippen molar-refractivity contribution in [3.63, 3.8) is 0 Å². The molecular formula is C11H19F2NO3. The van der Waals surface area contributed by atoms with Crippen LogP contribution in [0.4, 0.5) is 8.78 Å². The minimum absolute atomic E-state index is 0.0574. The van der Waals surface area contributed by atoms with E-state index in [0.29, 0.717) is 6.54 Å². The quantitative estimate of drug-likeness (QED) is 0.758. The zero-order valence-electron chi connectivity index (χ0n) is 10.4. The van der Waals surface area contributed by atoms with E-state index in [4.69, 9.17) is 0 Å². The Hall–Kier alpha value is -0.750. The van der Waals surface area contributed by atoms with Crippen LogP contribution in [0.15, 0.2) is 0 Å². The number of carbonyl (C=O) groups is 1. The summed E-state index contributed by atoms with van der Waals surface area (Å²) in [5.74, 6) is -5.50. The van der Waals surface area contributed by atoms with Crippen LogP contribution >= 0.6 is 0 Å². The molecule has 0 aliphatic carbocycles. The molecule has 100 valence electrons. The van der Waals surface area contributed by atoms with E-state index in [1.165, 1.54) is 6.92 Å². The van der Waals surface area contributed by atoms with Crippen molar-refractivity contribution >= 4 is 5.97 Å². The van der Waals surface area contributed by atoms with Crippen molar-refractivity contribution in [3.8, 4) is 0 Å². The first kappa shape index (κ1) is 14.3. The van der Waals surface area contributed by atoms with E-state index in [1.807, 2.05) is 13.8 Å². The van der Waals surface area contributed by atoms with Crippen LogP contribution in [-0.2, 0) is 9.53 Å². The number of alkyl halides is 2. The molecule has 1 saturated heterocycles. The highest BCUT2D eigenvalue weighted by Crippen LogP contribution is 2.38. The molecule has 0 saturated carbocycles. The molecule has 0 aromatic heterocycles. The van der Waals surface area contributed by atoms with Crippen LogP contribution in [0.3, 0.4) is 0 Å². The Labute approximate surface area is 99.5 Å². The molecule has 1 fully saturated rings. The molecule has 0 aromatic carbocycles. The second kappa shape index (κ2) is 4.86. The van der Waals surface area contributed by atoms with Gasteiger partial charge in [-0.15, -0.1) is 0 Å². The van der Waals surface area contributed by atoms with Crippen molar-refractivity contribution in [1.29, 1.82) is 0 Å². The van der Waals surface area contributed by atoms with Crippen LogP contribution < -0.4 is 0 Å². The van der Waals surface area contributed by atoms with Gasteiger partial charge in [-0.1, -0.05) is 0 Å². The lowest BCUT2D eigenvalue weighted by Crippen LogP contribution is -2.55. The lowest BCUT2D eigenvalue weighted by atomic mass is 9.94. The van der Waals surface area contributed by atoms with Crippen LogP contribution in [0.2, 0.25) is 0 Å². The first-order chi connectivity index (χ1) is 7.74. The first-order valence-electron chi connectivity index (χ1n) is 5.76. The maximum Gasteiger partial charge on any atom is 0.380 e. The minimum Gasteiger partial charge on any atom is -0.461 e. The highest BCUT2D eigenvalue weighted by Gasteiger charge is 2.62. The van der Waals surface area contributed by atoms with Crippen LogP contribution in [-0.4, -0.2) is 53.2 Å². The summed E-state index contributed by atoms with van der Waals surface area (Å²) in [6.07, 6.45) is -0.128. The van der Waals surface area contributed by atoms with Gasteiger partial charge in [0.2, 0.25) is 0 Å². The third-order valence-electron chi connectivity index (χ3n) is 3.12. The number of rotatable bonds is 4. The van der Waals surface area contributed by atoms with Gasteiger partial charge in [-0.3, -0.25) is 4.90 Å². The molecule has 1 heterocycles. The molecule has 0 bridgehead atoms. The largest absolute Gasteiger partial charge is 0.461 e. The van der Waals surface area contributed by atoms with E-state index in [-0.39, 0.29) is 25.6 Å². The molecule has 1 aliphatic rings. The van der Waals surface area contributed by atoms with E-state index >= 15 is 0 Å². The second-order valence-corrected chi connectivity index (χ2v) is 4.64. The SMILES string of the molecule is CCOC(=O)C(F)(F)C1(O)CCN(C(C)C)C1. The zero-order valence-corrected chi connectivity index (χ0v) is 10.4. The molecule has 0 spiro atoms. The fourth-order valence-electron chi connectivity index (χ4n) is 1.93. The molecule has 1 aliphatic heterocycles. The minimum atomic E-state index is -3.85. The van der Waals surface area contributed by atoms with Gasteiger partial charge in [0.25, 0.3) is 0 Å². The average Bonchev–Trinajstić information content (AvgIpc) is 2.63. The summed E-state index contributed by atoms with van der Waals surface area (Å²) in [5, 5.41) is 9.94. The summed E-state index contributed by atoms with van der Waals surface area (Å²) < 4.78 is 31.9. The third kappa shape index (κ3) is 2.57. The smallest absolute Gasteiger partial charge is 0.380 e. The molecule has 0 amide bonds. The Kier molecular flexibility index (Phi) is 4.09. The number of carbonyl (C=O) groups excluding carboxylic acids is 1. The van der Waals surface area contributed by atoms with Gasteiger partial charge in [-0.05, 0) is 27.2 Å². The Morgan fingerprint density at radius 3 is 2.59 bits per heavy atom. The fourth-order valence-corrected chi connectivity index (χ4v) is 1.93. The van der Waals surface area contributed by atoms with Crippen LogP contribution in [0.25, 0.3) is 0 Å². The number of nitrogens with zero attached hydrogens (tertiary/aromatic N) is 1. The molecule has 0 aromatic rings. The summed E-state index contributed by atoms with van der Waals surface area (Å²) in [5.41, 5.74) is -2.32. The monoisotopic (exact) mass is 251 g/mol. The van der Waals surface area contributed by atoms with Crippen molar-refractivity contribution in [2.45, 2.75) is 44.8 Å². The Morgan fingerprint density at radius 2 is 2.18 bits per heavy atom. The lowest BCUT2D eigenvalue weighted by Gasteiger charge is -2.31. The Bertz CT molecular complexity index is 296. The van der Waals surface area contributed by atoms with Gasteiger partial charge in [0.05, 0.1) is 6.61 Å². The number of β-amino-alcohol motifs (C(OH)–C–C–N with tert-alkyl or cyclic N) is 1. The lowest BCUT2D eigenvalue weighted by molar-refractivity contribution is -0.210. The summed E-state index contributed by atoms with van der Waals surface area (Å²) >= 11 is 0. The van der Waals surface area contributed by atoms with Crippen molar-refractivity contribution in [1.82, 2.24) is 4.90 Å².